The summed E-state index contributed by atoms with van der Waals surface area (Å²) < 4.78 is 0. The average Bonchev–Trinajstić information content (AvgIpc) is 1.37. The minimum Gasteiger partial charge on any atom is -0.303 e. The van der Waals surface area contributed by atoms with Crippen LogP contribution in [-0.4, -0.2) is 6.29 Å². The first-order valence-corrected chi connectivity index (χ1v) is 1.35. The van der Waals surface area contributed by atoms with Gasteiger partial charge < -0.3 is 4.79 Å². The predicted octanol–water partition coefficient (Wildman–Crippen LogP) is 0.593. The first-order chi connectivity index (χ1) is 1.91. The van der Waals surface area contributed by atoms with Gasteiger partial charge >= 0.3 is 0 Å². The number of rotatable bonds is 1. The Hall–Kier alpha value is 0.358. The molecule has 0 aromatic rings. The van der Waals surface area contributed by atoms with E-state index in [0.29, 0.717) is 6.42 Å². The number of aldehydes is 1. The van der Waals surface area contributed by atoms with Crippen LogP contribution in [0.15, 0.2) is 0 Å². The number of carbonyl (C=O) groups excluding carboxylic acids is 1. The second kappa shape index (κ2) is 8.84. The van der Waals surface area contributed by atoms with Crippen molar-refractivity contribution in [2.75, 3.05) is 0 Å². The molecule has 0 rings (SSSR count). The summed E-state index contributed by atoms with van der Waals surface area (Å²) >= 11 is 0. The van der Waals surface area contributed by atoms with Gasteiger partial charge in [-0.2, -0.15) is 0 Å². The van der Waals surface area contributed by atoms with Crippen LogP contribution in [0.4, 0.5) is 0 Å². The standard InChI is InChI=1S/C3H6O.W/c1-2-3-4;/h3H,2H2,1H3;. The van der Waals surface area contributed by atoms with Crippen LogP contribution in [0, 0.1) is 0 Å². The first-order valence-electron chi connectivity index (χ1n) is 1.35. The molecular weight excluding hydrogens is 236 g/mol. The summed E-state index contributed by atoms with van der Waals surface area (Å²) in [5.41, 5.74) is 0. The van der Waals surface area contributed by atoms with Crippen molar-refractivity contribution in [2.45, 2.75) is 13.3 Å². The Morgan fingerprint density at radius 2 is 2.00 bits per heavy atom. The van der Waals surface area contributed by atoms with E-state index in [2.05, 4.69) is 0 Å². The van der Waals surface area contributed by atoms with Crippen LogP contribution in [0.1, 0.15) is 13.3 Å². The van der Waals surface area contributed by atoms with Crippen LogP contribution < -0.4 is 0 Å². The zero-order valence-electron chi connectivity index (χ0n) is 3.10. The van der Waals surface area contributed by atoms with Crippen molar-refractivity contribution >= 4 is 6.29 Å². The smallest absolute Gasteiger partial charge is 0.119 e. The van der Waals surface area contributed by atoms with Crippen molar-refractivity contribution in [1.29, 1.82) is 0 Å². The predicted molar refractivity (Wildman–Crippen MR) is 16.4 cm³/mol. The van der Waals surface area contributed by atoms with E-state index in [1.165, 1.54) is 0 Å². The van der Waals surface area contributed by atoms with Crippen LogP contribution in [-0.2, 0) is 25.9 Å². The minimum absolute atomic E-state index is 0. The molecule has 0 aliphatic heterocycles. The monoisotopic (exact) mass is 242 g/mol. The van der Waals surface area contributed by atoms with Gasteiger partial charge in [-0.25, -0.2) is 0 Å². The molecule has 1 nitrogen and oxygen atoms in total. The Kier molecular flexibility index (Phi) is 16.0. The SMILES string of the molecule is CCC=O.[W]. The molecule has 0 radical (unpaired) electrons. The fourth-order valence-electron chi connectivity index (χ4n) is 0. The zero-order valence-corrected chi connectivity index (χ0v) is 6.03. The van der Waals surface area contributed by atoms with Crippen molar-refractivity contribution < 1.29 is 25.9 Å². The maximum absolute atomic E-state index is 9.17. The molecular formula is C3H6OW. The van der Waals surface area contributed by atoms with Gasteiger partial charge in [0.15, 0.2) is 0 Å². The molecule has 0 aliphatic rings. The largest absolute Gasteiger partial charge is 0.303 e. The quantitative estimate of drug-likeness (QED) is 0.615. The topological polar surface area (TPSA) is 17.1 Å². The summed E-state index contributed by atoms with van der Waals surface area (Å²) in [6.45, 7) is 1.81. The number of hydrogen-bond acceptors (Lipinski definition) is 1. The van der Waals surface area contributed by atoms with Gasteiger partial charge in [-0.3, -0.25) is 0 Å². The fourth-order valence-corrected chi connectivity index (χ4v) is 0. The molecule has 0 amide bonds. The Balaban J connectivity index is 0. The van der Waals surface area contributed by atoms with Gasteiger partial charge in [0.1, 0.15) is 6.29 Å². The molecule has 0 aliphatic carbocycles. The fraction of sp³-hybridized carbons (Fsp3) is 0.667. The molecule has 5 heavy (non-hydrogen) atoms. The van der Waals surface area contributed by atoms with Crippen LogP contribution >= 0.6 is 0 Å². The van der Waals surface area contributed by atoms with Gasteiger partial charge in [0, 0.05) is 27.5 Å². The normalized spacial score (nSPS) is 5.00. The van der Waals surface area contributed by atoms with Crippen molar-refractivity contribution in [3.05, 3.63) is 0 Å². The van der Waals surface area contributed by atoms with Crippen molar-refractivity contribution in [3.8, 4) is 0 Å². The Morgan fingerprint density at radius 1 is 1.80 bits per heavy atom. The molecule has 30 valence electrons. The van der Waals surface area contributed by atoms with Crippen molar-refractivity contribution in [3.63, 3.8) is 0 Å². The molecule has 2 heteroatoms. The molecule has 0 N–H and O–H groups in total. The van der Waals surface area contributed by atoms with Gasteiger partial charge in [0.25, 0.3) is 0 Å². The zero-order chi connectivity index (χ0) is 3.41. The average molecular weight is 242 g/mol. The van der Waals surface area contributed by atoms with E-state index in [1.54, 1.807) is 0 Å². The Labute approximate surface area is 46.0 Å². The summed E-state index contributed by atoms with van der Waals surface area (Å²) in [7, 11) is 0. The van der Waals surface area contributed by atoms with Gasteiger partial charge in [-0.05, 0) is 0 Å². The van der Waals surface area contributed by atoms with Gasteiger partial charge in [-0.15, -0.1) is 0 Å². The summed E-state index contributed by atoms with van der Waals surface area (Å²) in [6.07, 6.45) is 1.51. The van der Waals surface area contributed by atoms with Crippen LogP contribution in [0.3, 0.4) is 0 Å². The number of hydrogen-bond donors (Lipinski definition) is 0. The van der Waals surface area contributed by atoms with Crippen LogP contribution in [0.25, 0.3) is 0 Å². The molecule has 0 aromatic carbocycles. The molecule has 0 spiro atoms. The third-order valence-electron chi connectivity index (χ3n) is 0.167. The van der Waals surface area contributed by atoms with Gasteiger partial charge in [0.2, 0.25) is 0 Å². The Morgan fingerprint density at radius 3 is 2.00 bits per heavy atom. The minimum atomic E-state index is 0. The van der Waals surface area contributed by atoms with Crippen LogP contribution in [0.2, 0.25) is 0 Å². The van der Waals surface area contributed by atoms with E-state index in [9.17, 15) is 4.79 Å². The molecule has 0 saturated heterocycles. The summed E-state index contributed by atoms with van der Waals surface area (Å²) in [5, 5.41) is 0. The summed E-state index contributed by atoms with van der Waals surface area (Å²) in [4.78, 5) is 9.17. The van der Waals surface area contributed by atoms with E-state index in [1.807, 2.05) is 6.92 Å². The second-order valence-electron chi connectivity index (χ2n) is 0.575. The van der Waals surface area contributed by atoms with E-state index in [-0.39, 0.29) is 21.1 Å². The molecule has 0 fully saturated rings. The second-order valence-corrected chi connectivity index (χ2v) is 0.575. The molecule has 0 atom stereocenters. The van der Waals surface area contributed by atoms with E-state index >= 15 is 0 Å². The maximum atomic E-state index is 9.17. The van der Waals surface area contributed by atoms with E-state index in [4.69, 9.17) is 0 Å². The molecule has 0 heterocycles. The Bertz CT molecular complexity index is 20.9. The third-order valence-corrected chi connectivity index (χ3v) is 0.167. The van der Waals surface area contributed by atoms with E-state index < -0.39 is 0 Å². The van der Waals surface area contributed by atoms with Gasteiger partial charge in [0.05, 0.1) is 0 Å². The molecule has 0 aromatic heterocycles. The van der Waals surface area contributed by atoms with Crippen LogP contribution in [0.5, 0.6) is 0 Å². The molecule has 0 bridgehead atoms. The summed E-state index contributed by atoms with van der Waals surface area (Å²) in [6, 6.07) is 0. The van der Waals surface area contributed by atoms with E-state index in [0.717, 1.165) is 6.29 Å². The number of carbonyl (C=O) groups is 1. The summed E-state index contributed by atoms with van der Waals surface area (Å²) in [5.74, 6) is 0. The maximum Gasteiger partial charge on any atom is 0.119 e. The third kappa shape index (κ3) is 13.1. The van der Waals surface area contributed by atoms with Crippen molar-refractivity contribution in [2.24, 2.45) is 0 Å². The molecule has 0 saturated carbocycles. The molecule has 0 unspecified atom stereocenters. The van der Waals surface area contributed by atoms with Crippen molar-refractivity contribution in [1.82, 2.24) is 0 Å². The van der Waals surface area contributed by atoms with Gasteiger partial charge in [-0.1, -0.05) is 6.92 Å². The first kappa shape index (κ1) is 9.02.